The van der Waals surface area contributed by atoms with Gasteiger partial charge in [0.2, 0.25) is 0 Å². The van der Waals surface area contributed by atoms with Gasteiger partial charge < -0.3 is 5.32 Å². The predicted molar refractivity (Wildman–Crippen MR) is 85.4 cm³/mol. The zero-order valence-corrected chi connectivity index (χ0v) is 12.9. The molecule has 0 radical (unpaired) electrons. The molecule has 3 heteroatoms. The lowest BCUT2D eigenvalue weighted by atomic mass is 9.87. The first-order chi connectivity index (χ1) is 9.97. The molecule has 2 aromatic rings. The van der Waals surface area contributed by atoms with Gasteiger partial charge in [0.1, 0.15) is 0 Å². The zero-order valence-electron chi connectivity index (χ0n) is 12.9. The summed E-state index contributed by atoms with van der Waals surface area (Å²) in [5.74, 6) is -0.0357. The van der Waals surface area contributed by atoms with E-state index in [0.29, 0.717) is 12.1 Å². The molecule has 0 saturated carbocycles. The van der Waals surface area contributed by atoms with E-state index in [1.54, 1.807) is 6.20 Å². The number of nitrogens with zero attached hydrogens (tertiary/aromatic N) is 1. The van der Waals surface area contributed by atoms with Gasteiger partial charge in [-0.3, -0.25) is 9.78 Å². The van der Waals surface area contributed by atoms with Gasteiger partial charge in [0.25, 0.3) is 5.91 Å². The highest BCUT2D eigenvalue weighted by Crippen LogP contribution is 2.22. The second-order valence-corrected chi connectivity index (χ2v) is 6.15. The van der Waals surface area contributed by atoms with E-state index in [2.05, 4.69) is 31.1 Å². The lowest BCUT2D eigenvalue weighted by Crippen LogP contribution is -2.26. The predicted octanol–water partition coefficient (Wildman–Crippen LogP) is 3.35. The molecule has 1 aromatic carbocycles. The molecular weight excluding hydrogens is 260 g/mol. The Balaban J connectivity index is 1.89. The number of hydrogen-bond acceptors (Lipinski definition) is 2. The standard InChI is InChI=1S/C18H22N2O/c1-18(2,3)15-9-7-14(8-10-15)17(21)20-13-11-16-6-4-5-12-19-16/h4-10,12H,11,13H2,1-3H3,(H,20,21). The van der Waals surface area contributed by atoms with Crippen molar-refractivity contribution < 1.29 is 4.79 Å². The van der Waals surface area contributed by atoms with Crippen LogP contribution in [0.3, 0.4) is 0 Å². The van der Waals surface area contributed by atoms with Crippen molar-refractivity contribution in [1.29, 1.82) is 0 Å². The molecule has 21 heavy (non-hydrogen) atoms. The summed E-state index contributed by atoms with van der Waals surface area (Å²) < 4.78 is 0. The van der Waals surface area contributed by atoms with Gasteiger partial charge in [-0.1, -0.05) is 39.0 Å². The van der Waals surface area contributed by atoms with Gasteiger partial charge >= 0.3 is 0 Å². The van der Waals surface area contributed by atoms with Crippen molar-refractivity contribution in [3.05, 3.63) is 65.5 Å². The third kappa shape index (κ3) is 4.42. The zero-order chi connectivity index (χ0) is 15.3. The molecule has 3 nitrogen and oxygen atoms in total. The van der Waals surface area contributed by atoms with Gasteiger partial charge in [-0.05, 0) is 35.2 Å². The summed E-state index contributed by atoms with van der Waals surface area (Å²) in [5.41, 5.74) is 3.02. The third-order valence-electron chi connectivity index (χ3n) is 3.41. The summed E-state index contributed by atoms with van der Waals surface area (Å²) in [7, 11) is 0. The van der Waals surface area contributed by atoms with E-state index in [-0.39, 0.29) is 11.3 Å². The minimum atomic E-state index is -0.0357. The van der Waals surface area contributed by atoms with Gasteiger partial charge in [0.05, 0.1) is 0 Å². The van der Waals surface area contributed by atoms with Gasteiger partial charge in [0.15, 0.2) is 0 Å². The monoisotopic (exact) mass is 282 g/mol. The third-order valence-corrected chi connectivity index (χ3v) is 3.41. The summed E-state index contributed by atoms with van der Waals surface area (Å²) in [6.45, 7) is 7.08. The Morgan fingerprint density at radius 1 is 1.10 bits per heavy atom. The van der Waals surface area contributed by atoms with Crippen molar-refractivity contribution in [2.45, 2.75) is 32.6 Å². The fraction of sp³-hybridized carbons (Fsp3) is 0.333. The van der Waals surface area contributed by atoms with Crippen LogP contribution < -0.4 is 5.32 Å². The molecule has 0 atom stereocenters. The number of nitrogens with one attached hydrogen (secondary N) is 1. The highest BCUT2D eigenvalue weighted by atomic mass is 16.1. The smallest absolute Gasteiger partial charge is 0.251 e. The van der Waals surface area contributed by atoms with Crippen molar-refractivity contribution in [1.82, 2.24) is 10.3 Å². The SMILES string of the molecule is CC(C)(C)c1ccc(C(=O)NCCc2ccccn2)cc1. The van der Waals surface area contributed by atoms with E-state index in [0.717, 1.165) is 12.1 Å². The van der Waals surface area contributed by atoms with Crippen LogP contribution in [0.15, 0.2) is 48.7 Å². The number of aromatic nitrogens is 1. The van der Waals surface area contributed by atoms with Crippen LogP contribution in [0, 0.1) is 0 Å². The molecule has 1 amide bonds. The Kier molecular flexibility index (Phi) is 4.73. The van der Waals surface area contributed by atoms with Gasteiger partial charge in [0, 0.05) is 30.4 Å². The Hall–Kier alpha value is -2.16. The van der Waals surface area contributed by atoms with E-state index >= 15 is 0 Å². The second-order valence-electron chi connectivity index (χ2n) is 6.15. The average molecular weight is 282 g/mol. The van der Waals surface area contributed by atoms with Crippen LogP contribution in [-0.4, -0.2) is 17.4 Å². The molecule has 0 fully saturated rings. The molecule has 0 unspecified atom stereocenters. The van der Waals surface area contributed by atoms with Crippen LogP contribution in [0.2, 0.25) is 0 Å². The largest absolute Gasteiger partial charge is 0.352 e. The first-order valence-corrected chi connectivity index (χ1v) is 7.25. The molecule has 0 bridgehead atoms. The fourth-order valence-electron chi connectivity index (χ4n) is 2.07. The summed E-state index contributed by atoms with van der Waals surface area (Å²) in [6.07, 6.45) is 2.51. The molecule has 0 spiro atoms. The highest BCUT2D eigenvalue weighted by Gasteiger charge is 2.14. The van der Waals surface area contributed by atoms with Crippen LogP contribution in [0.25, 0.3) is 0 Å². The van der Waals surface area contributed by atoms with Crippen LogP contribution in [0.5, 0.6) is 0 Å². The maximum Gasteiger partial charge on any atom is 0.251 e. The van der Waals surface area contributed by atoms with Crippen molar-refractivity contribution in [3.63, 3.8) is 0 Å². The number of benzene rings is 1. The molecule has 0 aliphatic heterocycles. The first kappa shape index (κ1) is 15.2. The van der Waals surface area contributed by atoms with Crippen molar-refractivity contribution in [3.8, 4) is 0 Å². The number of carbonyl (C=O) groups excluding carboxylic acids is 1. The molecule has 1 heterocycles. The van der Waals surface area contributed by atoms with E-state index < -0.39 is 0 Å². The Morgan fingerprint density at radius 2 is 1.81 bits per heavy atom. The molecule has 110 valence electrons. The van der Waals surface area contributed by atoms with Crippen LogP contribution >= 0.6 is 0 Å². The Labute approximate surface area is 126 Å². The summed E-state index contributed by atoms with van der Waals surface area (Å²) in [5, 5.41) is 2.93. The minimum Gasteiger partial charge on any atom is -0.352 e. The number of carbonyl (C=O) groups is 1. The molecular formula is C18H22N2O. The summed E-state index contributed by atoms with van der Waals surface area (Å²) in [6, 6.07) is 13.6. The van der Waals surface area contributed by atoms with Crippen molar-refractivity contribution in [2.75, 3.05) is 6.54 Å². The Morgan fingerprint density at radius 3 is 2.38 bits per heavy atom. The fourth-order valence-corrected chi connectivity index (χ4v) is 2.07. The molecule has 1 aromatic heterocycles. The van der Waals surface area contributed by atoms with Crippen molar-refractivity contribution in [2.24, 2.45) is 0 Å². The van der Waals surface area contributed by atoms with Gasteiger partial charge in [-0.2, -0.15) is 0 Å². The molecule has 1 N–H and O–H groups in total. The number of rotatable bonds is 4. The minimum absolute atomic E-state index is 0.0357. The van der Waals surface area contributed by atoms with E-state index in [1.165, 1.54) is 5.56 Å². The molecule has 0 aliphatic carbocycles. The van der Waals surface area contributed by atoms with E-state index in [1.807, 2.05) is 42.5 Å². The van der Waals surface area contributed by atoms with Crippen LogP contribution in [0.4, 0.5) is 0 Å². The lowest BCUT2D eigenvalue weighted by molar-refractivity contribution is 0.0954. The van der Waals surface area contributed by atoms with E-state index in [9.17, 15) is 4.79 Å². The molecule has 0 saturated heterocycles. The number of hydrogen-bond donors (Lipinski definition) is 1. The van der Waals surface area contributed by atoms with Crippen molar-refractivity contribution >= 4 is 5.91 Å². The lowest BCUT2D eigenvalue weighted by Gasteiger charge is -2.19. The highest BCUT2D eigenvalue weighted by molar-refractivity contribution is 5.94. The first-order valence-electron chi connectivity index (χ1n) is 7.25. The molecule has 0 aliphatic rings. The van der Waals surface area contributed by atoms with E-state index in [4.69, 9.17) is 0 Å². The number of pyridine rings is 1. The summed E-state index contributed by atoms with van der Waals surface area (Å²) in [4.78, 5) is 16.3. The maximum atomic E-state index is 12.1. The van der Waals surface area contributed by atoms with Crippen LogP contribution in [-0.2, 0) is 11.8 Å². The second kappa shape index (κ2) is 6.53. The Bertz CT molecular complexity index is 583. The normalized spacial score (nSPS) is 11.2. The van der Waals surface area contributed by atoms with Crippen LogP contribution in [0.1, 0.15) is 42.4 Å². The van der Waals surface area contributed by atoms with Gasteiger partial charge in [-0.15, -0.1) is 0 Å². The topological polar surface area (TPSA) is 42.0 Å². The quantitative estimate of drug-likeness (QED) is 0.934. The number of amides is 1. The van der Waals surface area contributed by atoms with Gasteiger partial charge in [-0.25, -0.2) is 0 Å². The summed E-state index contributed by atoms with van der Waals surface area (Å²) >= 11 is 0. The maximum absolute atomic E-state index is 12.1. The average Bonchev–Trinajstić information content (AvgIpc) is 2.47. The molecule has 2 rings (SSSR count).